The molecule has 0 aromatic heterocycles. The van der Waals surface area contributed by atoms with Crippen molar-refractivity contribution in [2.75, 3.05) is 50.2 Å². The lowest BCUT2D eigenvalue weighted by atomic mass is 9.89. The first-order chi connectivity index (χ1) is 16.6. The van der Waals surface area contributed by atoms with E-state index in [2.05, 4.69) is 43.8 Å². The van der Waals surface area contributed by atoms with E-state index in [9.17, 15) is 9.59 Å². The predicted molar refractivity (Wildman–Crippen MR) is 127 cm³/mol. The van der Waals surface area contributed by atoms with Crippen molar-refractivity contribution in [3.8, 4) is 0 Å². The molecule has 4 unspecified atom stereocenters. The molecular weight excluding hydrogens is 436 g/mol. The molecule has 5 N–H and O–H groups in total. The molecule has 10 heteroatoms. The van der Waals surface area contributed by atoms with Gasteiger partial charge in [-0.15, -0.1) is 0 Å². The van der Waals surface area contributed by atoms with E-state index >= 15 is 0 Å². The highest BCUT2D eigenvalue weighted by atomic mass is 16.5. The number of anilines is 2. The van der Waals surface area contributed by atoms with Crippen molar-refractivity contribution in [2.45, 2.75) is 18.4 Å². The van der Waals surface area contributed by atoms with Crippen LogP contribution in [0.4, 0.5) is 11.4 Å². The van der Waals surface area contributed by atoms with Gasteiger partial charge < -0.3 is 19.7 Å². The summed E-state index contributed by atoms with van der Waals surface area (Å²) < 4.78 is 10.2. The van der Waals surface area contributed by atoms with Gasteiger partial charge in [0, 0.05) is 37.1 Å². The number of amides is 1. The van der Waals surface area contributed by atoms with Gasteiger partial charge in [0.25, 0.3) is 0 Å². The lowest BCUT2D eigenvalue weighted by molar-refractivity contribution is -0.131. The van der Waals surface area contributed by atoms with Crippen molar-refractivity contribution in [3.63, 3.8) is 0 Å². The molecule has 10 nitrogen and oxygen atoms in total. The average Bonchev–Trinajstić information content (AvgIpc) is 2.89. The molecule has 0 radical (unpaired) electrons. The minimum atomic E-state index is -0.371. The molecule has 0 saturated carbocycles. The van der Waals surface area contributed by atoms with Crippen LogP contribution in [0.1, 0.15) is 22.1 Å². The third-order valence-corrected chi connectivity index (χ3v) is 6.59. The second kappa shape index (κ2) is 9.98. The minimum Gasteiger partial charge on any atom is -0.465 e. The van der Waals surface area contributed by atoms with Crippen LogP contribution < -0.4 is 31.7 Å². The van der Waals surface area contributed by atoms with Gasteiger partial charge in [-0.05, 0) is 42.0 Å². The van der Waals surface area contributed by atoms with Crippen LogP contribution in [0.3, 0.4) is 0 Å². The number of hydrogen-bond acceptors (Lipinski definition) is 9. The molecule has 3 aliphatic rings. The average molecular weight is 467 g/mol. The van der Waals surface area contributed by atoms with Gasteiger partial charge in [-0.1, -0.05) is 12.1 Å². The first-order valence-corrected chi connectivity index (χ1v) is 11.5. The summed E-state index contributed by atoms with van der Waals surface area (Å²) in [7, 11) is 1.37. The molecule has 5 rings (SSSR count). The van der Waals surface area contributed by atoms with Crippen LogP contribution in [0.2, 0.25) is 0 Å². The normalized spacial score (nSPS) is 26.9. The van der Waals surface area contributed by atoms with Crippen LogP contribution >= 0.6 is 0 Å². The monoisotopic (exact) mass is 466 g/mol. The molecule has 3 aliphatic heterocycles. The highest BCUT2D eigenvalue weighted by Gasteiger charge is 2.44. The Morgan fingerprint density at radius 3 is 2.50 bits per heavy atom. The van der Waals surface area contributed by atoms with E-state index in [0.29, 0.717) is 12.1 Å². The zero-order valence-corrected chi connectivity index (χ0v) is 19.0. The van der Waals surface area contributed by atoms with E-state index < -0.39 is 0 Å². The number of methoxy groups -OCH3 is 1. The Bertz CT molecular complexity index is 1010. The van der Waals surface area contributed by atoms with Crippen molar-refractivity contribution < 1.29 is 19.1 Å². The van der Waals surface area contributed by atoms with Gasteiger partial charge in [0.1, 0.15) is 0 Å². The van der Waals surface area contributed by atoms with Crippen molar-refractivity contribution in [2.24, 2.45) is 5.92 Å². The Labute approximate surface area is 198 Å². The Morgan fingerprint density at radius 2 is 1.79 bits per heavy atom. The quantitative estimate of drug-likeness (QED) is 0.403. The van der Waals surface area contributed by atoms with Crippen molar-refractivity contribution in [1.29, 1.82) is 0 Å². The van der Waals surface area contributed by atoms with E-state index in [-0.39, 0.29) is 36.2 Å². The number of ether oxygens (including phenoxy) is 2. The molecule has 2 aromatic carbocycles. The highest BCUT2D eigenvalue weighted by molar-refractivity contribution is 5.89. The number of nitrogens with one attached hydrogen (secondary N) is 5. The molecule has 0 aliphatic carbocycles. The Morgan fingerprint density at radius 1 is 1.06 bits per heavy atom. The number of esters is 1. The van der Waals surface area contributed by atoms with E-state index in [1.54, 1.807) is 12.1 Å². The maximum absolute atomic E-state index is 12.7. The number of rotatable bonds is 5. The topological polar surface area (TPSA) is 116 Å². The summed E-state index contributed by atoms with van der Waals surface area (Å²) in [6.45, 7) is 3.86. The highest BCUT2D eigenvalue weighted by Crippen LogP contribution is 2.27. The van der Waals surface area contributed by atoms with E-state index in [1.807, 2.05) is 24.3 Å². The molecule has 1 amide bonds. The maximum atomic E-state index is 12.7. The largest absolute Gasteiger partial charge is 0.465 e. The molecule has 180 valence electrons. The summed E-state index contributed by atoms with van der Waals surface area (Å²) in [6.07, 6.45) is -0.501. The molecule has 3 heterocycles. The third kappa shape index (κ3) is 4.71. The molecular formula is C24H30N6O4. The summed E-state index contributed by atoms with van der Waals surface area (Å²) >= 11 is 0. The molecule has 4 atom stereocenters. The fraction of sp³-hybridized carbons (Fsp3) is 0.417. The lowest BCUT2D eigenvalue weighted by Crippen LogP contribution is -2.71. The Balaban J connectivity index is 1.33. The molecule has 3 saturated heterocycles. The number of carbonyl (C=O) groups is 2. The first kappa shape index (κ1) is 22.6. The SMILES string of the molecule is COC(=O)c1ccc(C2NC3CNNC(=O)C3C(Nc3ccc(N4CCOCC4)cc3)N2)cc1. The molecule has 0 bridgehead atoms. The Hall–Kier alpha value is -3.18. The van der Waals surface area contributed by atoms with Crippen molar-refractivity contribution in [1.82, 2.24) is 21.5 Å². The first-order valence-electron chi connectivity index (χ1n) is 11.5. The summed E-state index contributed by atoms with van der Waals surface area (Å²) in [5.74, 6) is -0.756. The number of fused-ring (bicyclic) bond motifs is 1. The van der Waals surface area contributed by atoms with Crippen LogP contribution in [-0.4, -0.2) is 64.0 Å². The predicted octanol–water partition coefficient (Wildman–Crippen LogP) is 0.559. The number of hydrazine groups is 1. The van der Waals surface area contributed by atoms with Gasteiger partial charge in [-0.3, -0.25) is 20.9 Å². The van der Waals surface area contributed by atoms with Crippen LogP contribution in [0.15, 0.2) is 48.5 Å². The zero-order chi connectivity index (χ0) is 23.5. The summed E-state index contributed by atoms with van der Waals surface area (Å²) in [6, 6.07) is 15.5. The van der Waals surface area contributed by atoms with Crippen molar-refractivity contribution >= 4 is 23.3 Å². The number of morpholine rings is 1. The molecule has 34 heavy (non-hydrogen) atoms. The smallest absolute Gasteiger partial charge is 0.337 e. The molecule has 2 aromatic rings. The third-order valence-electron chi connectivity index (χ3n) is 6.59. The van der Waals surface area contributed by atoms with Gasteiger partial charge in [-0.2, -0.15) is 0 Å². The maximum Gasteiger partial charge on any atom is 0.337 e. The van der Waals surface area contributed by atoms with Gasteiger partial charge in [-0.25, -0.2) is 10.2 Å². The minimum absolute atomic E-state index is 0.0711. The zero-order valence-electron chi connectivity index (χ0n) is 19.0. The second-order valence-electron chi connectivity index (χ2n) is 8.65. The number of nitrogens with zero attached hydrogens (tertiary/aromatic N) is 1. The molecule has 0 spiro atoms. The fourth-order valence-corrected chi connectivity index (χ4v) is 4.76. The second-order valence-corrected chi connectivity index (χ2v) is 8.65. The molecule has 3 fully saturated rings. The van der Waals surface area contributed by atoms with E-state index in [0.717, 1.165) is 43.2 Å². The van der Waals surface area contributed by atoms with Gasteiger partial charge in [0.15, 0.2) is 0 Å². The van der Waals surface area contributed by atoms with Crippen LogP contribution in [-0.2, 0) is 14.3 Å². The van der Waals surface area contributed by atoms with Gasteiger partial charge in [0.2, 0.25) is 5.91 Å². The van der Waals surface area contributed by atoms with Gasteiger partial charge in [0.05, 0.1) is 44.1 Å². The van der Waals surface area contributed by atoms with Gasteiger partial charge >= 0.3 is 5.97 Å². The van der Waals surface area contributed by atoms with Crippen LogP contribution in [0.5, 0.6) is 0 Å². The van der Waals surface area contributed by atoms with Crippen molar-refractivity contribution in [3.05, 3.63) is 59.7 Å². The lowest BCUT2D eigenvalue weighted by Gasteiger charge is -2.46. The number of benzene rings is 2. The van der Waals surface area contributed by atoms with E-state index in [4.69, 9.17) is 9.47 Å². The van der Waals surface area contributed by atoms with Crippen LogP contribution in [0, 0.1) is 5.92 Å². The number of hydrogen-bond donors (Lipinski definition) is 5. The summed E-state index contributed by atoms with van der Waals surface area (Å²) in [5.41, 5.74) is 9.27. The Kier molecular flexibility index (Phi) is 6.63. The van der Waals surface area contributed by atoms with E-state index in [1.165, 1.54) is 7.11 Å². The summed E-state index contributed by atoms with van der Waals surface area (Å²) in [4.78, 5) is 26.8. The number of carbonyl (C=O) groups excluding carboxylic acids is 2. The standard InChI is InChI=1S/C24H30N6O4/c1-33-24(32)16-4-2-15(3-5-16)21-27-19-14-25-29-23(31)20(19)22(28-21)26-17-6-8-18(9-7-17)30-10-12-34-13-11-30/h2-9,19-22,25-28H,10-14H2,1H3,(H,29,31). The van der Waals surface area contributed by atoms with Crippen LogP contribution in [0.25, 0.3) is 0 Å². The summed E-state index contributed by atoms with van der Waals surface area (Å²) in [5, 5.41) is 10.6. The fourth-order valence-electron chi connectivity index (χ4n) is 4.76.